The van der Waals surface area contributed by atoms with E-state index in [0.29, 0.717) is 15.9 Å². The lowest BCUT2D eigenvalue weighted by molar-refractivity contribution is 0.0690. The van der Waals surface area contributed by atoms with Gasteiger partial charge in [0.15, 0.2) is 0 Å². The van der Waals surface area contributed by atoms with Gasteiger partial charge in [0.25, 0.3) is 0 Å². The van der Waals surface area contributed by atoms with Crippen LogP contribution >= 0.6 is 15.9 Å². The second kappa shape index (κ2) is 5.79. The van der Waals surface area contributed by atoms with Crippen molar-refractivity contribution in [2.45, 2.75) is 6.61 Å². The van der Waals surface area contributed by atoms with Crippen molar-refractivity contribution in [1.29, 1.82) is 0 Å². The molecular weight excluding hydrogens is 317 g/mol. The number of aromatic carboxylic acids is 1. The molecule has 98 valence electrons. The van der Waals surface area contributed by atoms with Gasteiger partial charge in [-0.3, -0.25) is 0 Å². The first-order valence-corrected chi connectivity index (χ1v) is 6.12. The molecule has 1 N–H and O–H groups in total. The summed E-state index contributed by atoms with van der Waals surface area (Å²) in [6.07, 6.45) is 0. The highest BCUT2D eigenvalue weighted by atomic mass is 79.9. The van der Waals surface area contributed by atoms with Crippen molar-refractivity contribution >= 4 is 21.9 Å². The first-order valence-electron chi connectivity index (χ1n) is 5.33. The summed E-state index contributed by atoms with van der Waals surface area (Å²) < 4.78 is 18.7. The van der Waals surface area contributed by atoms with Crippen molar-refractivity contribution in [2.75, 3.05) is 0 Å². The summed E-state index contributed by atoms with van der Waals surface area (Å²) in [6, 6.07) is 8.92. The lowest BCUT2D eigenvalue weighted by atomic mass is 10.3. The first-order chi connectivity index (χ1) is 9.06. The van der Waals surface area contributed by atoms with Crippen LogP contribution in [-0.4, -0.2) is 16.1 Å². The number of hydrogen-bond donors (Lipinski definition) is 1. The Hall–Kier alpha value is -1.95. The van der Waals surface area contributed by atoms with Gasteiger partial charge in [0.2, 0.25) is 0 Å². The fourth-order valence-electron chi connectivity index (χ4n) is 1.40. The van der Waals surface area contributed by atoms with E-state index >= 15 is 0 Å². The molecule has 4 nitrogen and oxygen atoms in total. The van der Waals surface area contributed by atoms with E-state index in [9.17, 15) is 9.18 Å². The Balaban J connectivity index is 2.07. The fraction of sp³-hybridized carbons (Fsp3) is 0.0769. The molecule has 1 aromatic carbocycles. The Bertz CT molecular complexity index is 619. The second-order valence-corrected chi connectivity index (χ2v) is 4.54. The van der Waals surface area contributed by atoms with E-state index in [1.54, 1.807) is 12.1 Å². The maximum Gasteiger partial charge on any atom is 0.354 e. The number of rotatable bonds is 4. The minimum atomic E-state index is -1.09. The van der Waals surface area contributed by atoms with Gasteiger partial charge >= 0.3 is 5.97 Å². The third-order valence-corrected chi connectivity index (χ3v) is 2.91. The van der Waals surface area contributed by atoms with Gasteiger partial charge in [-0.25, -0.2) is 14.2 Å². The third-order valence-electron chi connectivity index (χ3n) is 2.30. The number of aromatic nitrogens is 1. The summed E-state index contributed by atoms with van der Waals surface area (Å²) in [5.74, 6) is -1.000. The molecule has 1 heterocycles. The van der Waals surface area contributed by atoms with E-state index in [0.717, 1.165) is 0 Å². The van der Waals surface area contributed by atoms with Crippen LogP contribution in [0.25, 0.3) is 0 Å². The number of nitrogens with zero attached hydrogens (tertiary/aromatic N) is 1. The number of hydrogen-bond acceptors (Lipinski definition) is 3. The van der Waals surface area contributed by atoms with Gasteiger partial charge < -0.3 is 9.84 Å². The molecule has 0 aliphatic rings. The number of halogens is 2. The summed E-state index contributed by atoms with van der Waals surface area (Å²) in [5, 5.41) is 8.81. The molecule has 2 rings (SSSR count). The molecule has 0 radical (unpaired) electrons. The second-order valence-electron chi connectivity index (χ2n) is 3.68. The predicted octanol–water partition coefficient (Wildman–Crippen LogP) is 3.26. The van der Waals surface area contributed by atoms with Crippen molar-refractivity contribution in [3.05, 3.63) is 58.1 Å². The Morgan fingerprint density at radius 2 is 2.16 bits per heavy atom. The van der Waals surface area contributed by atoms with Crippen LogP contribution in [0, 0.1) is 5.82 Å². The highest BCUT2D eigenvalue weighted by Crippen LogP contribution is 2.22. The minimum Gasteiger partial charge on any atom is -0.487 e. The lowest BCUT2D eigenvalue weighted by Gasteiger charge is -2.07. The van der Waals surface area contributed by atoms with Gasteiger partial charge in [-0.05, 0) is 46.3 Å². The predicted molar refractivity (Wildman–Crippen MR) is 69.6 cm³/mol. The Labute approximate surface area is 117 Å². The van der Waals surface area contributed by atoms with Gasteiger partial charge in [-0.2, -0.15) is 0 Å². The van der Waals surface area contributed by atoms with E-state index < -0.39 is 5.97 Å². The standard InChI is InChI=1S/C13H9BrFNO3/c14-10-6-9(4-5-11(10)15)19-7-8-2-1-3-12(16-8)13(17)18/h1-6H,7H2,(H,17,18). The zero-order valence-electron chi connectivity index (χ0n) is 9.64. The molecular formula is C13H9BrFNO3. The number of ether oxygens (including phenoxy) is 1. The largest absolute Gasteiger partial charge is 0.487 e. The molecule has 0 unspecified atom stereocenters. The summed E-state index contributed by atoms with van der Waals surface area (Å²) in [6.45, 7) is 0.110. The molecule has 0 aliphatic heterocycles. The molecule has 0 amide bonds. The van der Waals surface area contributed by atoms with E-state index in [4.69, 9.17) is 9.84 Å². The molecule has 0 aliphatic carbocycles. The highest BCUT2D eigenvalue weighted by Gasteiger charge is 2.06. The van der Waals surface area contributed by atoms with Crippen molar-refractivity contribution in [2.24, 2.45) is 0 Å². The molecule has 0 bridgehead atoms. The zero-order valence-corrected chi connectivity index (χ0v) is 11.2. The highest BCUT2D eigenvalue weighted by molar-refractivity contribution is 9.10. The average Bonchev–Trinajstić information content (AvgIpc) is 2.40. The molecule has 2 aromatic rings. The molecule has 0 saturated carbocycles. The smallest absolute Gasteiger partial charge is 0.354 e. The fourth-order valence-corrected chi connectivity index (χ4v) is 1.76. The van der Waals surface area contributed by atoms with Gasteiger partial charge in [0.05, 0.1) is 10.2 Å². The Kier molecular flexibility index (Phi) is 4.11. The third kappa shape index (κ3) is 3.51. The summed E-state index contributed by atoms with van der Waals surface area (Å²) in [4.78, 5) is 14.7. The lowest BCUT2D eigenvalue weighted by Crippen LogP contribution is -2.05. The molecule has 0 saturated heterocycles. The quantitative estimate of drug-likeness (QED) is 0.937. The van der Waals surface area contributed by atoms with Crippen molar-refractivity contribution < 1.29 is 19.0 Å². The first kappa shape index (κ1) is 13.5. The van der Waals surface area contributed by atoms with E-state index in [2.05, 4.69) is 20.9 Å². The summed E-state index contributed by atoms with van der Waals surface area (Å²) >= 11 is 3.05. The van der Waals surface area contributed by atoms with Crippen molar-refractivity contribution in [3.8, 4) is 5.75 Å². The molecule has 0 atom stereocenters. The SMILES string of the molecule is O=C(O)c1cccc(COc2ccc(F)c(Br)c2)n1. The van der Waals surface area contributed by atoms with Crippen LogP contribution in [0.4, 0.5) is 4.39 Å². The van der Waals surface area contributed by atoms with Crippen molar-refractivity contribution in [1.82, 2.24) is 4.98 Å². The van der Waals surface area contributed by atoms with Crippen LogP contribution in [0.15, 0.2) is 40.9 Å². The summed E-state index contributed by atoms with van der Waals surface area (Å²) in [7, 11) is 0. The number of carboxylic acid groups (broad SMARTS) is 1. The van der Waals surface area contributed by atoms with E-state index in [-0.39, 0.29) is 18.1 Å². The number of carbonyl (C=O) groups is 1. The molecule has 19 heavy (non-hydrogen) atoms. The van der Waals surface area contributed by atoms with Crippen LogP contribution in [0.5, 0.6) is 5.75 Å². The topological polar surface area (TPSA) is 59.4 Å². The van der Waals surface area contributed by atoms with Crippen LogP contribution in [0.2, 0.25) is 0 Å². The zero-order chi connectivity index (χ0) is 13.8. The van der Waals surface area contributed by atoms with Gasteiger partial charge in [0.1, 0.15) is 23.9 Å². The monoisotopic (exact) mass is 325 g/mol. The van der Waals surface area contributed by atoms with Crippen LogP contribution in [0.3, 0.4) is 0 Å². The normalized spacial score (nSPS) is 10.2. The average molecular weight is 326 g/mol. The maximum atomic E-state index is 13.0. The van der Waals surface area contributed by atoms with Gasteiger partial charge in [0, 0.05) is 0 Å². The van der Waals surface area contributed by atoms with Crippen LogP contribution < -0.4 is 4.74 Å². The Morgan fingerprint density at radius 3 is 2.84 bits per heavy atom. The van der Waals surface area contributed by atoms with Crippen LogP contribution in [-0.2, 0) is 6.61 Å². The number of pyridine rings is 1. The molecule has 0 fully saturated rings. The molecule has 6 heteroatoms. The maximum absolute atomic E-state index is 13.0. The van der Waals surface area contributed by atoms with E-state index in [1.165, 1.54) is 24.3 Å². The summed E-state index contributed by atoms with van der Waals surface area (Å²) in [5.41, 5.74) is 0.446. The van der Waals surface area contributed by atoms with Crippen LogP contribution in [0.1, 0.15) is 16.2 Å². The molecule has 1 aromatic heterocycles. The number of benzene rings is 1. The minimum absolute atomic E-state index is 0.0404. The van der Waals surface area contributed by atoms with Crippen molar-refractivity contribution in [3.63, 3.8) is 0 Å². The Morgan fingerprint density at radius 1 is 1.37 bits per heavy atom. The molecule has 0 spiro atoms. The van der Waals surface area contributed by atoms with E-state index in [1.807, 2.05) is 0 Å². The van der Waals surface area contributed by atoms with Gasteiger partial charge in [-0.15, -0.1) is 0 Å². The van der Waals surface area contributed by atoms with Gasteiger partial charge in [-0.1, -0.05) is 6.07 Å². The number of carboxylic acids is 1.